The van der Waals surface area contributed by atoms with E-state index in [0.29, 0.717) is 11.4 Å². The second-order valence-corrected chi connectivity index (χ2v) is 5.34. The average molecular weight is 345 g/mol. The van der Waals surface area contributed by atoms with Crippen LogP contribution < -0.4 is 10.9 Å². The van der Waals surface area contributed by atoms with Gasteiger partial charge in [0.05, 0.1) is 5.69 Å². The van der Waals surface area contributed by atoms with Crippen molar-refractivity contribution in [2.24, 2.45) is 0 Å². The summed E-state index contributed by atoms with van der Waals surface area (Å²) in [5.74, 6) is -2.77. The molecule has 0 unspecified atom stereocenters. The topological polar surface area (TPSA) is 92.7 Å². The van der Waals surface area contributed by atoms with Gasteiger partial charge in [-0.15, -0.1) is 0 Å². The zero-order valence-corrected chi connectivity index (χ0v) is 13.3. The Labute approximate surface area is 140 Å². The van der Waals surface area contributed by atoms with Crippen LogP contribution in [0, 0.1) is 25.5 Å². The third-order valence-electron chi connectivity index (χ3n) is 3.32. The number of halogens is 2. The Morgan fingerprint density at radius 1 is 1.16 bits per heavy atom. The lowest BCUT2D eigenvalue weighted by Crippen LogP contribution is -2.20. The lowest BCUT2D eigenvalue weighted by molar-refractivity contribution is 0.101. The van der Waals surface area contributed by atoms with Gasteiger partial charge < -0.3 is 5.32 Å². The summed E-state index contributed by atoms with van der Waals surface area (Å²) >= 11 is 0. The summed E-state index contributed by atoms with van der Waals surface area (Å²) in [6.45, 7) is 3.28. The normalized spacial score (nSPS) is 10.7. The molecule has 2 aromatic heterocycles. The number of benzene rings is 1. The molecule has 0 aliphatic rings. The molecular weight excluding hydrogens is 332 g/mol. The van der Waals surface area contributed by atoms with Crippen LogP contribution in [0.25, 0.3) is 5.95 Å². The number of aromatic amines is 1. The molecule has 2 N–H and O–H groups in total. The van der Waals surface area contributed by atoms with Crippen LogP contribution in [0.1, 0.15) is 21.7 Å². The minimum atomic E-state index is -0.984. The van der Waals surface area contributed by atoms with E-state index < -0.39 is 28.7 Å². The molecule has 1 aromatic carbocycles. The van der Waals surface area contributed by atoms with Gasteiger partial charge in [-0.3, -0.25) is 14.6 Å². The first kappa shape index (κ1) is 16.5. The van der Waals surface area contributed by atoms with Crippen LogP contribution in [-0.4, -0.2) is 25.7 Å². The molecule has 2 heterocycles. The van der Waals surface area contributed by atoms with Crippen molar-refractivity contribution >= 4 is 11.7 Å². The fraction of sp³-hybridized carbons (Fsp3) is 0.125. The van der Waals surface area contributed by atoms with E-state index in [1.807, 2.05) is 0 Å². The van der Waals surface area contributed by atoms with Crippen LogP contribution in [0.2, 0.25) is 0 Å². The van der Waals surface area contributed by atoms with E-state index in [4.69, 9.17) is 0 Å². The van der Waals surface area contributed by atoms with E-state index in [2.05, 4.69) is 20.4 Å². The Kier molecular flexibility index (Phi) is 4.14. The molecule has 0 atom stereocenters. The van der Waals surface area contributed by atoms with Crippen molar-refractivity contribution in [3.05, 3.63) is 69.3 Å². The maximum absolute atomic E-state index is 13.8. The van der Waals surface area contributed by atoms with Crippen LogP contribution in [0.3, 0.4) is 0 Å². The van der Waals surface area contributed by atoms with Crippen molar-refractivity contribution in [2.45, 2.75) is 13.8 Å². The van der Waals surface area contributed by atoms with Gasteiger partial charge in [0.2, 0.25) is 5.95 Å². The first-order valence-electron chi connectivity index (χ1n) is 7.25. The summed E-state index contributed by atoms with van der Waals surface area (Å²) in [5, 5.41) is 6.52. The van der Waals surface area contributed by atoms with Crippen LogP contribution >= 0.6 is 0 Å². The molecule has 0 spiro atoms. The number of aromatic nitrogens is 4. The first-order chi connectivity index (χ1) is 11.8. The standard InChI is InChI=1S/C16H13F2N5O2/c1-8-7-13(24)21-16(19-8)23-12(6-9(2)22-23)20-15(25)14-10(17)4-3-5-11(14)18/h3-7H,1-2H3,(H,20,25)(H,19,21,24). The number of carbonyl (C=O) groups is 1. The predicted octanol–water partition coefficient (Wildman–Crippen LogP) is 2.10. The lowest BCUT2D eigenvalue weighted by atomic mass is 10.2. The number of rotatable bonds is 3. The quantitative estimate of drug-likeness (QED) is 0.760. The largest absolute Gasteiger partial charge is 0.306 e. The van der Waals surface area contributed by atoms with Crippen molar-refractivity contribution in [1.82, 2.24) is 19.7 Å². The lowest BCUT2D eigenvalue weighted by Gasteiger charge is -2.09. The van der Waals surface area contributed by atoms with Crippen LogP contribution in [0.15, 0.2) is 35.1 Å². The van der Waals surface area contributed by atoms with Gasteiger partial charge in [0.25, 0.3) is 11.5 Å². The van der Waals surface area contributed by atoms with Crippen LogP contribution in [-0.2, 0) is 0 Å². The number of aryl methyl sites for hydroxylation is 2. The molecule has 0 aliphatic carbocycles. The highest BCUT2D eigenvalue weighted by Crippen LogP contribution is 2.18. The molecule has 9 heteroatoms. The highest BCUT2D eigenvalue weighted by molar-refractivity contribution is 6.04. The number of carbonyl (C=O) groups excluding carboxylic acids is 1. The van der Waals surface area contributed by atoms with Crippen molar-refractivity contribution < 1.29 is 13.6 Å². The van der Waals surface area contributed by atoms with Gasteiger partial charge in [0, 0.05) is 17.8 Å². The van der Waals surface area contributed by atoms with Crippen molar-refractivity contribution in [1.29, 1.82) is 0 Å². The fourth-order valence-corrected chi connectivity index (χ4v) is 2.31. The zero-order valence-electron chi connectivity index (χ0n) is 13.3. The average Bonchev–Trinajstić information content (AvgIpc) is 2.86. The Bertz CT molecular complexity index is 1010. The Hall–Kier alpha value is -3.36. The molecule has 3 rings (SSSR count). The molecule has 128 valence electrons. The molecular formula is C16H13F2N5O2. The maximum Gasteiger partial charge on any atom is 0.262 e. The van der Waals surface area contributed by atoms with Gasteiger partial charge in [-0.2, -0.15) is 9.78 Å². The van der Waals surface area contributed by atoms with Gasteiger partial charge in [-0.25, -0.2) is 13.8 Å². The van der Waals surface area contributed by atoms with Gasteiger partial charge in [-0.1, -0.05) is 6.07 Å². The molecule has 25 heavy (non-hydrogen) atoms. The summed E-state index contributed by atoms with van der Waals surface area (Å²) in [5.41, 5.74) is -0.149. The zero-order chi connectivity index (χ0) is 18.1. The van der Waals surface area contributed by atoms with Crippen molar-refractivity contribution in [2.75, 3.05) is 5.32 Å². The number of nitrogens with zero attached hydrogens (tertiary/aromatic N) is 3. The Morgan fingerprint density at radius 3 is 2.48 bits per heavy atom. The second kappa shape index (κ2) is 6.27. The SMILES string of the molecule is Cc1cc(=O)[nH]c(-n2nc(C)cc2NC(=O)c2c(F)cccc2F)n1. The highest BCUT2D eigenvalue weighted by Gasteiger charge is 2.20. The second-order valence-electron chi connectivity index (χ2n) is 5.34. The number of H-pyrrole nitrogens is 1. The predicted molar refractivity (Wildman–Crippen MR) is 85.8 cm³/mol. The van der Waals surface area contributed by atoms with Gasteiger partial charge in [0.15, 0.2) is 0 Å². The van der Waals surface area contributed by atoms with Crippen LogP contribution in [0.5, 0.6) is 0 Å². The minimum Gasteiger partial charge on any atom is -0.306 e. The van der Waals surface area contributed by atoms with Crippen molar-refractivity contribution in [3.63, 3.8) is 0 Å². The summed E-state index contributed by atoms with van der Waals surface area (Å²) in [4.78, 5) is 30.5. The molecule has 0 radical (unpaired) electrons. The third kappa shape index (κ3) is 3.30. The third-order valence-corrected chi connectivity index (χ3v) is 3.32. The van der Waals surface area contributed by atoms with E-state index in [0.717, 1.165) is 18.2 Å². The molecule has 3 aromatic rings. The molecule has 7 nitrogen and oxygen atoms in total. The monoisotopic (exact) mass is 345 g/mol. The maximum atomic E-state index is 13.8. The molecule has 0 fully saturated rings. The molecule has 0 aliphatic heterocycles. The van der Waals surface area contributed by atoms with Crippen LogP contribution in [0.4, 0.5) is 14.6 Å². The Balaban J connectivity index is 2.02. The molecule has 1 amide bonds. The molecule has 0 saturated carbocycles. The number of hydrogen-bond acceptors (Lipinski definition) is 4. The highest BCUT2D eigenvalue weighted by atomic mass is 19.1. The van der Waals surface area contributed by atoms with E-state index in [-0.39, 0.29) is 11.8 Å². The van der Waals surface area contributed by atoms with E-state index in [9.17, 15) is 18.4 Å². The number of hydrogen-bond donors (Lipinski definition) is 2. The van der Waals surface area contributed by atoms with Gasteiger partial charge in [-0.05, 0) is 26.0 Å². The molecule has 0 bridgehead atoms. The van der Waals surface area contributed by atoms with E-state index in [1.165, 1.54) is 16.8 Å². The summed E-state index contributed by atoms with van der Waals surface area (Å²) in [7, 11) is 0. The smallest absolute Gasteiger partial charge is 0.262 e. The Morgan fingerprint density at radius 2 is 1.84 bits per heavy atom. The van der Waals surface area contributed by atoms with Crippen molar-refractivity contribution in [3.8, 4) is 5.95 Å². The summed E-state index contributed by atoms with van der Waals surface area (Å²) in [6.07, 6.45) is 0. The number of nitrogens with one attached hydrogen (secondary N) is 2. The number of anilines is 1. The van der Waals surface area contributed by atoms with E-state index >= 15 is 0 Å². The fourth-order valence-electron chi connectivity index (χ4n) is 2.31. The van der Waals surface area contributed by atoms with Gasteiger partial charge >= 0.3 is 0 Å². The summed E-state index contributed by atoms with van der Waals surface area (Å²) in [6, 6.07) is 5.92. The first-order valence-corrected chi connectivity index (χ1v) is 7.25. The summed E-state index contributed by atoms with van der Waals surface area (Å²) < 4.78 is 28.7. The van der Waals surface area contributed by atoms with E-state index in [1.54, 1.807) is 13.8 Å². The molecule has 0 saturated heterocycles. The van der Waals surface area contributed by atoms with Gasteiger partial charge in [0.1, 0.15) is 23.0 Å². The minimum absolute atomic E-state index is 0.0717. The number of amides is 1.